The fraction of sp³-hybridized carbons (Fsp3) is 0.600. The molecule has 3 unspecified atom stereocenters. The minimum atomic E-state index is -0.247. The van der Waals surface area contributed by atoms with E-state index in [1.807, 2.05) is 0 Å². The summed E-state index contributed by atoms with van der Waals surface area (Å²) in [4.78, 5) is 0. The lowest BCUT2D eigenvalue weighted by Gasteiger charge is -2.23. The number of benzene rings is 2. The molecule has 0 aromatic heterocycles. The molecule has 1 N–H and O–H groups in total. The fourth-order valence-electron chi connectivity index (χ4n) is 4.77. The van der Waals surface area contributed by atoms with Crippen molar-refractivity contribution in [2.24, 2.45) is 0 Å². The van der Waals surface area contributed by atoms with Crippen LogP contribution >= 0.6 is 0 Å². The highest BCUT2D eigenvalue weighted by Gasteiger charge is 2.19. The quantitative estimate of drug-likeness (QED) is 0.252. The lowest BCUT2D eigenvalue weighted by atomic mass is 9.85. The zero-order valence-corrected chi connectivity index (χ0v) is 20.1. The monoisotopic (exact) mass is 422 g/mol. The van der Waals surface area contributed by atoms with Gasteiger partial charge in [-0.15, -0.1) is 0 Å². The number of aliphatic hydroxyl groups excluding tert-OH is 1. The first-order valence-electron chi connectivity index (χ1n) is 13.0. The van der Waals surface area contributed by atoms with Gasteiger partial charge in [0, 0.05) is 0 Å². The van der Waals surface area contributed by atoms with E-state index in [0.29, 0.717) is 11.8 Å². The summed E-state index contributed by atoms with van der Waals surface area (Å²) in [5.41, 5.74) is 2.72. The van der Waals surface area contributed by atoms with Crippen molar-refractivity contribution >= 4 is 0 Å². The predicted octanol–water partition coefficient (Wildman–Crippen LogP) is 9.03. The second-order valence-corrected chi connectivity index (χ2v) is 9.52. The molecule has 2 aromatic carbocycles. The molecule has 0 fully saturated rings. The van der Waals surface area contributed by atoms with Crippen LogP contribution in [0.25, 0.3) is 0 Å². The van der Waals surface area contributed by atoms with E-state index in [9.17, 15) is 5.11 Å². The van der Waals surface area contributed by atoms with Crippen LogP contribution in [-0.4, -0.2) is 11.2 Å². The molecule has 0 amide bonds. The molecule has 0 saturated heterocycles. The third kappa shape index (κ3) is 11.0. The van der Waals surface area contributed by atoms with Gasteiger partial charge in [0.15, 0.2) is 0 Å². The van der Waals surface area contributed by atoms with Gasteiger partial charge < -0.3 is 5.11 Å². The second kappa shape index (κ2) is 16.1. The minimum absolute atomic E-state index is 0.247. The summed E-state index contributed by atoms with van der Waals surface area (Å²) in [6.07, 6.45) is 16.4. The topological polar surface area (TPSA) is 20.2 Å². The first-order valence-corrected chi connectivity index (χ1v) is 13.0. The zero-order chi connectivity index (χ0) is 22.2. The second-order valence-electron chi connectivity index (χ2n) is 9.52. The minimum Gasteiger partial charge on any atom is -0.393 e. The van der Waals surface area contributed by atoms with E-state index < -0.39 is 0 Å². The molecule has 1 heteroatoms. The van der Waals surface area contributed by atoms with Crippen molar-refractivity contribution in [3.8, 4) is 0 Å². The SMILES string of the molecule is CCCCCCCCCCCCC(CC(O)CC(C)c1ccccc1)c1ccccc1. The molecule has 0 saturated carbocycles. The molecular formula is C30H46O. The Morgan fingerprint density at radius 2 is 1.10 bits per heavy atom. The third-order valence-electron chi connectivity index (χ3n) is 6.73. The molecule has 0 aliphatic heterocycles. The predicted molar refractivity (Wildman–Crippen MR) is 136 cm³/mol. The van der Waals surface area contributed by atoms with Crippen LogP contribution < -0.4 is 0 Å². The standard InChI is InChI=1S/C30H46O/c1-3-4-5-6-7-8-9-10-11-14-23-29(28-21-17-13-18-22-28)25-30(31)24-26(2)27-19-15-12-16-20-27/h12-13,15-22,26,29-31H,3-11,14,23-25H2,1-2H3. The van der Waals surface area contributed by atoms with Crippen LogP contribution in [0, 0.1) is 0 Å². The molecule has 0 heterocycles. The maximum Gasteiger partial charge on any atom is 0.0551 e. The molecule has 2 rings (SSSR count). The molecule has 31 heavy (non-hydrogen) atoms. The van der Waals surface area contributed by atoms with E-state index in [4.69, 9.17) is 0 Å². The van der Waals surface area contributed by atoms with E-state index in [0.717, 1.165) is 12.8 Å². The van der Waals surface area contributed by atoms with E-state index in [-0.39, 0.29) is 6.10 Å². The van der Waals surface area contributed by atoms with Crippen molar-refractivity contribution in [3.05, 3.63) is 71.8 Å². The molecule has 0 bridgehead atoms. The Labute approximate surface area is 192 Å². The summed E-state index contributed by atoms with van der Waals surface area (Å²) in [5, 5.41) is 10.9. The van der Waals surface area contributed by atoms with Crippen LogP contribution in [0.15, 0.2) is 60.7 Å². The Morgan fingerprint density at radius 3 is 1.65 bits per heavy atom. The zero-order valence-electron chi connectivity index (χ0n) is 20.1. The van der Waals surface area contributed by atoms with Gasteiger partial charge in [0.05, 0.1) is 6.10 Å². The van der Waals surface area contributed by atoms with E-state index in [1.165, 1.54) is 81.8 Å². The van der Waals surface area contributed by atoms with Crippen LogP contribution in [-0.2, 0) is 0 Å². The number of aliphatic hydroxyl groups is 1. The maximum atomic E-state index is 10.9. The summed E-state index contributed by atoms with van der Waals surface area (Å²) < 4.78 is 0. The van der Waals surface area contributed by atoms with Crippen molar-refractivity contribution in [1.29, 1.82) is 0 Å². The van der Waals surface area contributed by atoms with Gasteiger partial charge in [-0.3, -0.25) is 0 Å². The summed E-state index contributed by atoms with van der Waals surface area (Å²) in [7, 11) is 0. The first kappa shape index (κ1) is 25.7. The van der Waals surface area contributed by atoms with Gasteiger partial charge in [0.2, 0.25) is 0 Å². The van der Waals surface area contributed by atoms with Gasteiger partial charge in [-0.05, 0) is 42.2 Å². The average Bonchev–Trinajstić information content (AvgIpc) is 2.80. The average molecular weight is 423 g/mol. The van der Waals surface area contributed by atoms with E-state index in [2.05, 4.69) is 74.5 Å². The van der Waals surface area contributed by atoms with Crippen molar-refractivity contribution < 1.29 is 5.11 Å². The number of hydrogen-bond acceptors (Lipinski definition) is 1. The summed E-state index contributed by atoms with van der Waals surface area (Å²) in [6.45, 7) is 4.52. The molecule has 1 nitrogen and oxygen atoms in total. The van der Waals surface area contributed by atoms with E-state index in [1.54, 1.807) is 0 Å². The lowest BCUT2D eigenvalue weighted by Crippen LogP contribution is -2.15. The fourth-order valence-corrected chi connectivity index (χ4v) is 4.77. The number of hydrogen-bond donors (Lipinski definition) is 1. The Hall–Kier alpha value is -1.60. The molecule has 0 radical (unpaired) electrons. The van der Waals surface area contributed by atoms with Crippen molar-refractivity contribution in [2.75, 3.05) is 0 Å². The summed E-state index contributed by atoms with van der Waals surface area (Å²) in [6, 6.07) is 21.5. The molecule has 0 spiro atoms. The Kier molecular flexibility index (Phi) is 13.3. The van der Waals surface area contributed by atoms with Gasteiger partial charge in [-0.2, -0.15) is 0 Å². The lowest BCUT2D eigenvalue weighted by molar-refractivity contribution is 0.136. The molecule has 2 aromatic rings. The number of unbranched alkanes of at least 4 members (excludes halogenated alkanes) is 9. The van der Waals surface area contributed by atoms with E-state index >= 15 is 0 Å². The van der Waals surface area contributed by atoms with Crippen LogP contribution in [0.2, 0.25) is 0 Å². The smallest absolute Gasteiger partial charge is 0.0551 e. The Morgan fingerprint density at radius 1 is 0.613 bits per heavy atom. The highest BCUT2D eigenvalue weighted by molar-refractivity contribution is 5.21. The van der Waals surface area contributed by atoms with Crippen LogP contribution in [0.5, 0.6) is 0 Å². The third-order valence-corrected chi connectivity index (χ3v) is 6.73. The van der Waals surface area contributed by atoms with Crippen LogP contribution in [0.4, 0.5) is 0 Å². The molecule has 3 atom stereocenters. The van der Waals surface area contributed by atoms with Gasteiger partial charge >= 0.3 is 0 Å². The van der Waals surface area contributed by atoms with Crippen molar-refractivity contribution in [1.82, 2.24) is 0 Å². The normalized spacial score (nSPS) is 14.3. The van der Waals surface area contributed by atoms with Gasteiger partial charge in [0.1, 0.15) is 0 Å². The van der Waals surface area contributed by atoms with Crippen molar-refractivity contribution in [3.63, 3.8) is 0 Å². The molecule has 0 aliphatic rings. The van der Waals surface area contributed by atoms with Crippen molar-refractivity contribution in [2.45, 2.75) is 115 Å². The first-order chi connectivity index (χ1) is 15.2. The Balaban J connectivity index is 1.73. The molecular weight excluding hydrogens is 376 g/mol. The number of rotatable bonds is 17. The largest absolute Gasteiger partial charge is 0.393 e. The molecule has 172 valence electrons. The van der Waals surface area contributed by atoms with Gasteiger partial charge in [0.25, 0.3) is 0 Å². The van der Waals surface area contributed by atoms with Crippen LogP contribution in [0.1, 0.15) is 120 Å². The molecule has 0 aliphatic carbocycles. The van der Waals surface area contributed by atoms with Gasteiger partial charge in [-0.1, -0.05) is 139 Å². The Bertz CT molecular complexity index is 651. The highest BCUT2D eigenvalue weighted by atomic mass is 16.3. The summed E-state index contributed by atoms with van der Waals surface area (Å²) >= 11 is 0. The maximum absolute atomic E-state index is 10.9. The highest BCUT2D eigenvalue weighted by Crippen LogP contribution is 2.31. The summed E-state index contributed by atoms with van der Waals surface area (Å²) in [5.74, 6) is 0.859. The van der Waals surface area contributed by atoms with Crippen LogP contribution in [0.3, 0.4) is 0 Å². The van der Waals surface area contributed by atoms with Gasteiger partial charge in [-0.25, -0.2) is 0 Å².